The minimum absolute atomic E-state index is 0.0991. The third-order valence-electron chi connectivity index (χ3n) is 6.17. The van der Waals surface area contributed by atoms with Gasteiger partial charge in [0.15, 0.2) is 0 Å². The van der Waals surface area contributed by atoms with Crippen LogP contribution in [0.5, 0.6) is 5.75 Å². The molecule has 1 fully saturated rings. The number of anilines is 1. The summed E-state index contributed by atoms with van der Waals surface area (Å²) in [5, 5.41) is 4.07. The van der Waals surface area contributed by atoms with Gasteiger partial charge in [-0.2, -0.15) is 0 Å². The third-order valence-corrected chi connectivity index (χ3v) is 6.17. The smallest absolute Gasteiger partial charge is 0.321 e. The molecule has 5 rings (SSSR count). The van der Waals surface area contributed by atoms with Gasteiger partial charge in [-0.05, 0) is 48.4 Å². The van der Waals surface area contributed by atoms with Gasteiger partial charge in [-0.1, -0.05) is 24.3 Å². The van der Waals surface area contributed by atoms with Crippen LogP contribution in [0.3, 0.4) is 0 Å². The number of fused-ring (bicyclic) bond motifs is 1. The molecule has 1 N–H and O–H groups in total. The lowest BCUT2D eigenvalue weighted by atomic mass is 10.1. The lowest BCUT2D eigenvalue weighted by Gasteiger charge is -2.22. The largest absolute Gasteiger partial charge is 0.495 e. The first-order valence-corrected chi connectivity index (χ1v) is 11.5. The second-order valence-corrected chi connectivity index (χ2v) is 8.45. The maximum atomic E-state index is 12.8. The number of carbonyl (C=O) groups excluding carboxylic acids is 1. The normalized spacial score (nSPS) is 14.7. The number of nitrogens with one attached hydrogen (secondary N) is 1. The molecule has 4 aromatic rings. The second-order valence-electron chi connectivity index (χ2n) is 8.45. The predicted octanol–water partition coefficient (Wildman–Crippen LogP) is 5.24. The summed E-state index contributed by atoms with van der Waals surface area (Å²) in [5.41, 5.74) is 3.78. The van der Waals surface area contributed by atoms with Crippen molar-refractivity contribution in [3.63, 3.8) is 0 Å². The zero-order valence-electron chi connectivity index (χ0n) is 19.2. The number of hydrogen-bond acceptors (Lipinski definition) is 5. The molecule has 1 aliphatic rings. The lowest BCUT2D eigenvalue weighted by molar-refractivity contribution is 0.209. The van der Waals surface area contributed by atoms with Gasteiger partial charge in [0.1, 0.15) is 17.1 Å². The van der Waals surface area contributed by atoms with Gasteiger partial charge >= 0.3 is 6.03 Å². The molecular formula is C27H28N4O3. The van der Waals surface area contributed by atoms with Crippen molar-refractivity contribution in [3.05, 3.63) is 78.8 Å². The quantitative estimate of drug-likeness (QED) is 0.445. The number of carbonyl (C=O) groups is 1. The first-order chi connectivity index (χ1) is 16.7. The molecule has 34 heavy (non-hydrogen) atoms. The molecule has 3 heterocycles. The number of methoxy groups -OCH3 is 1. The SMILES string of the molecule is COc1ccccc1NC(=O)N1CCCN(Cc2cc3cc(-c4cccnc4)ccc3o2)CC1. The summed E-state index contributed by atoms with van der Waals surface area (Å²) >= 11 is 0. The van der Waals surface area contributed by atoms with Crippen LogP contribution >= 0.6 is 0 Å². The van der Waals surface area contributed by atoms with Gasteiger partial charge < -0.3 is 19.4 Å². The van der Waals surface area contributed by atoms with E-state index in [1.165, 1.54) is 0 Å². The number of pyridine rings is 1. The molecule has 7 nitrogen and oxygen atoms in total. The summed E-state index contributed by atoms with van der Waals surface area (Å²) in [7, 11) is 1.60. The van der Waals surface area contributed by atoms with E-state index in [1.807, 2.05) is 47.5 Å². The van der Waals surface area contributed by atoms with Crippen molar-refractivity contribution in [1.29, 1.82) is 0 Å². The molecule has 0 atom stereocenters. The highest BCUT2D eigenvalue weighted by Crippen LogP contribution is 2.27. The van der Waals surface area contributed by atoms with E-state index >= 15 is 0 Å². The first-order valence-electron chi connectivity index (χ1n) is 11.5. The van der Waals surface area contributed by atoms with Crippen LogP contribution in [0, 0.1) is 0 Å². The molecule has 2 amide bonds. The summed E-state index contributed by atoms with van der Waals surface area (Å²) in [6.45, 7) is 3.80. The van der Waals surface area contributed by atoms with Crippen LogP contribution in [0.15, 0.2) is 77.5 Å². The minimum atomic E-state index is -0.0991. The maximum absolute atomic E-state index is 12.8. The highest BCUT2D eigenvalue weighted by Gasteiger charge is 2.21. The van der Waals surface area contributed by atoms with Gasteiger partial charge in [0, 0.05) is 49.5 Å². The van der Waals surface area contributed by atoms with Crippen LogP contribution in [0.25, 0.3) is 22.1 Å². The molecular weight excluding hydrogens is 428 g/mol. The van der Waals surface area contributed by atoms with Crippen molar-refractivity contribution in [2.24, 2.45) is 0 Å². The van der Waals surface area contributed by atoms with E-state index in [9.17, 15) is 4.79 Å². The average Bonchev–Trinajstić information content (AvgIpc) is 3.12. The molecule has 1 aliphatic heterocycles. The molecule has 7 heteroatoms. The molecule has 0 saturated carbocycles. The number of para-hydroxylation sites is 2. The van der Waals surface area contributed by atoms with Gasteiger partial charge in [-0.25, -0.2) is 4.79 Å². The summed E-state index contributed by atoms with van der Waals surface area (Å²) in [4.78, 5) is 21.3. The van der Waals surface area contributed by atoms with Crippen molar-refractivity contribution in [2.45, 2.75) is 13.0 Å². The Kier molecular flexibility index (Phi) is 6.44. The molecule has 0 radical (unpaired) electrons. The van der Waals surface area contributed by atoms with Gasteiger partial charge in [-0.15, -0.1) is 0 Å². The van der Waals surface area contributed by atoms with Crippen molar-refractivity contribution in [3.8, 4) is 16.9 Å². The lowest BCUT2D eigenvalue weighted by Crippen LogP contribution is -2.38. The van der Waals surface area contributed by atoms with E-state index in [-0.39, 0.29) is 6.03 Å². The van der Waals surface area contributed by atoms with Crippen LogP contribution in [0.1, 0.15) is 12.2 Å². The fourth-order valence-electron chi connectivity index (χ4n) is 4.38. The van der Waals surface area contributed by atoms with Gasteiger partial charge in [0.05, 0.1) is 19.3 Å². The molecule has 0 bridgehead atoms. The Morgan fingerprint density at radius 3 is 2.79 bits per heavy atom. The predicted molar refractivity (Wildman–Crippen MR) is 133 cm³/mol. The van der Waals surface area contributed by atoms with E-state index in [2.05, 4.69) is 39.5 Å². The molecule has 0 aliphatic carbocycles. The number of ether oxygens (including phenoxy) is 1. The number of aromatic nitrogens is 1. The standard InChI is InChI=1S/C27H28N4O3/c1-33-26-8-3-2-7-24(26)29-27(32)31-13-5-12-30(14-15-31)19-23-17-22-16-20(9-10-25(22)34-23)21-6-4-11-28-18-21/h2-4,6-11,16-18H,5,12-15,19H2,1H3,(H,29,32). The number of benzene rings is 2. The second kappa shape index (κ2) is 9.97. The van der Waals surface area contributed by atoms with E-state index in [0.29, 0.717) is 24.5 Å². The molecule has 2 aromatic heterocycles. The number of amides is 2. The van der Waals surface area contributed by atoms with E-state index in [4.69, 9.17) is 9.15 Å². The summed E-state index contributed by atoms with van der Waals surface area (Å²) in [5.74, 6) is 1.59. The van der Waals surface area contributed by atoms with Crippen molar-refractivity contribution in [1.82, 2.24) is 14.8 Å². The Morgan fingerprint density at radius 1 is 1.03 bits per heavy atom. The van der Waals surface area contributed by atoms with Crippen LogP contribution in [-0.4, -0.2) is 54.1 Å². The number of rotatable bonds is 5. The van der Waals surface area contributed by atoms with Crippen LogP contribution in [0.2, 0.25) is 0 Å². The van der Waals surface area contributed by atoms with Crippen molar-refractivity contribution in [2.75, 3.05) is 38.6 Å². The third kappa shape index (κ3) is 4.89. The average molecular weight is 457 g/mol. The maximum Gasteiger partial charge on any atom is 0.321 e. The Balaban J connectivity index is 1.22. The van der Waals surface area contributed by atoms with Crippen molar-refractivity contribution < 1.29 is 13.9 Å². The molecule has 0 unspecified atom stereocenters. The highest BCUT2D eigenvalue weighted by molar-refractivity contribution is 5.91. The Hall–Kier alpha value is -3.84. The summed E-state index contributed by atoms with van der Waals surface area (Å²) < 4.78 is 11.5. The Bertz CT molecular complexity index is 1270. The van der Waals surface area contributed by atoms with Crippen LogP contribution in [0.4, 0.5) is 10.5 Å². The molecule has 0 spiro atoms. The minimum Gasteiger partial charge on any atom is -0.495 e. The van der Waals surface area contributed by atoms with E-state index in [1.54, 1.807) is 13.3 Å². The van der Waals surface area contributed by atoms with E-state index in [0.717, 1.165) is 53.9 Å². The number of nitrogens with zero attached hydrogens (tertiary/aromatic N) is 3. The highest BCUT2D eigenvalue weighted by atomic mass is 16.5. The van der Waals surface area contributed by atoms with Gasteiger partial charge in [0.2, 0.25) is 0 Å². The topological polar surface area (TPSA) is 70.8 Å². The number of furan rings is 1. The fraction of sp³-hybridized carbons (Fsp3) is 0.259. The molecule has 1 saturated heterocycles. The molecule has 2 aromatic carbocycles. The Labute approximate surface area is 198 Å². The fourth-order valence-corrected chi connectivity index (χ4v) is 4.38. The zero-order valence-corrected chi connectivity index (χ0v) is 19.2. The van der Waals surface area contributed by atoms with Crippen LogP contribution in [-0.2, 0) is 6.54 Å². The first kappa shape index (κ1) is 22.0. The van der Waals surface area contributed by atoms with Gasteiger partial charge in [-0.3, -0.25) is 9.88 Å². The summed E-state index contributed by atoms with van der Waals surface area (Å²) in [6.07, 6.45) is 4.56. The number of urea groups is 1. The Morgan fingerprint density at radius 2 is 1.94 bits per heavy atom. The van der Waals surface area contributed by atoms with Gasteiger partial charge in [0.25, 0.3) is 0 Å². The van der Waals surface area contributed by atoms with Crippen molar-refractivity contribution >= 4 is 22.7 Å². The van der Waals surface area contributed by atoms with Crippen LogP contribution < -0.4 is 10.1 Å². The molecule has 174 valence electrons. The summed E-state index contributed by atoms with van der Waals surface area (Å²) in [6, 6.07) is 19.7. The number of hydrogen-bond donors (Lipinski definition) is 1. The van der Waals surface area contributed by atoms with E-state index < -0.39 is 0 Å². The zero-order chi connectivity index (χ0) is 23.3. The monoisotopic (exact) mass is 456 g/mol.